The Kier molecular flexibility index (Phi) is 4.35. The molecule has 3 aromatic rings. The molecule has 26 heavy (non-hydrogen) atoms. The quantitative estimate of drug-likeness (QED) is 0.654. The number of hydrogen-bond donors (Lipinski definition) is 1. The molecular formula is C17H11F6N3. The number of rotatable bonds is 2. The normalized spacial score (nSPS) is 13.8. The van der Waals surface area contributed by atoms with E-state index in [9.17, 15) is 26.3 Å². The van der Waals surface area contributed by atoms with Crippen LogP contribution in [0.2, 0.25) is 0 Å². The van der Waals surface area contributed by atoms with Crippen molar-refractivity contribution >= 4 is 10.9 Å². The van der Waals surface area contributed by atoms with E-state index in [-0.39, 0.29) is 11.1 Å². The zero-order valence-electron chi connectivity index (χ0n) is 12.9. The van der Waals surface area contributed by atoms with E-state index in [1.165, 1.54) is 36.5 Å². The van der Waals surface area contributed by atoms with Crippen LogP contribution in [0.3, 0.4) is 0 Å². The molecular weight excluding hydrogens is 360 g/mol. The molecule has 1 aromatic carbocycles. The summed E-state index contributed by atoms with van der Waals surface area (Å²) in [5.74, 6) is 0. The third kappa shape index (κ3) is 3.22. The molecule has 0 spiro atoms. The van der Waals surface area contributed by atoms with E-state index in [2.05, 4.69) is 9.97 Å². The van der Waals surface area contributed by atoms with E-state index in [4.69, 9.17) is 5.73 Å². The zero-order chi connectivity index (χ0) is 19.1. The zero-order valence-corrected chi connectivity index (χ0v) is 12.9. The molecule has 0 radical (unpaired) electrons. The molecule has 136 valence electrons. The summed E-state index contributed by atoms with van der Waals surface area (Å²) < 4.78 is 81.1. The summed E-state index contributed by atoms with van der Waals surface area (Å²) in [5.41, 5.74) is 2.10. The minimum atomic E-state index is -5.08. The fraction of sp³-hybridized carbons (Fsp3) is 0.176. The largest absolute Gasteiger partial charge is 0.417 e. The standard InChI is InChI=1S/C17H11F6N3/c18-16(19,20)13-10-5-1-2-6-11(10)26-14(9-4-3-7-25-8-9)12(13)15(24)17(21,22)23/h1-8,15H,24H2/t15-/m1/s1. The van der Waals surface area contributed by atoms with Gasteiger partial charge < -0.3 is 5.73 Å². The summed E-state index contributed by atoms with van der Waals surface area (Å²) in [6.45, 7) is 0. The lowest BCUT2D eigenvalue weighted by atomic mass is 9.92. The van der Waals surface area contributed by atoms with Gasteiger partial charge in [-0.3, -0.25) is 4.98 Å². The number of para-hydroxylation sites is 1. The third-order valence-electron chi connectivity index (χ3n) is 3.81. The summed E-state index contributed by atoms with van der Waals surface area (Å²) in [5, 5.41) is -0.442. The third-order valence-corrected chi connectivity index (χ3v) is 3.81. The average Bonchev–Trinajstić information content (AvgIpc) is 2.58. The Hall–Kier alpha value is -2.68. The Bertz CT molecular complexity index is 935. The number of pyridine rings is 2. The number of hydrogen-bond acceptors (Lipinski definition) is 3. The van der Waals surface area contributed by atoms with Gasteiger partial charge in [-0.25, -0.2) is 4.98 Å². The van der Waals surface area contributed by atoms with Crippen molar-refractivity contribution in [1.29, 1.82) is 0 Å². The maximum absolute atomic E-state index is 13.8. The van der Waals surface area contributed by atoms with Crippen molar-refractivity contribution in [3.63, 3.8) is 0 Å². The predicted octanol–water partition coefficient (Wildman–Crippen LogP) is 4.88. The minimum Gasteiger partial charge on any atom is -0.316 e. The molecule has 0 saturated carbocycles. The van der Waals surface area contributed by atoms with Crippen LogP contribution in [0.15, 0.2) is 48.8 Å². The molecule has 2 heterocycles. The monoisotopic (exact) mass is 371 g/mol. The fourth-order valence-corrected chi connectivity index (χ4v) is 2.72. The lowest BCUT2D eigenvalue weighted by molar-refractivity contribution is -0.155. The minimum absolute atomic E-state index is 0.0125. The van der Waals surface area contributed by atoms with Gasteiger partial charge in [0, 0.05) is 28.9 Å². The number of fused-ring (bicyclic) bond motifs is 1. The summed E-state index contributed by atoms with van der Waals surface area (Å²) in [4.78, 5) is 7.79. The topological polar surface area (TPSA) is 51.8 Å². The first-order valence-corrected chi connectivity index (χ1v) is 7.33. The Morgan fingerprint density at radius 3 is 2.19 bits per heavy atom. The highest BCUT2D eigenvalue weighted by Gasteiger charge is 2.46. The number of aromatic nitrogens is 2. The Balaban J connectivity index is 2.50. The van der Waals surface area contributed by atoms with Crippen LogP contribution in [-0.4, -0.2) is 16.1 Å². The van der Waals surface area contributed by atoms with Crippen molar-refractivity contribution in [2.24, 2.45) is 5.73 Å². The SMILES string of the molecule is N[C@H](c1c(-c2cccnc2)nc2ccccc2c1C(F)(F)F)C(F)(F)F. The van der Waals surface area contributed by atoms with Crippen LogP contribution in [0.5, 0.6) is 0 Å². The summed E-state index contributed by atoms with van der Waals surface area (Å²) >= 11 is 0. The smallest absolute Gasteiger partial charge is 0.316 e. The van der Waals surface area contributed by atoms with Crippen LogP contribution in [0.25, 0.3) is 22.2 Å². The maximum Gasteiger partial charge on any atom is 0.417 e. The summed E-state index contributed by atoms with van der Waals surface area (Å²) in [6.07, 6.45) is -7.65. The second kappa shape index (κ2) is 6.24. The molecule has 2 N–H and O–H groups in total. The van der Waals surface area contributed by atoms with E-state index in [1.54, 1.807) is 0 Å². The highest BCUT2D eigenvalue weighted by molar-refractivity contribution is 5.88. The number of alkyl halides is 6. The molecule has 9 heteroatoms. The van der Waals surface area contributed by atoms with Gasteiger partial charge in [-0.15, -0.1) is 0 Å². The van der Waals surface area contributed by atoms with Crippen LogP contribution in [0, 0.1) is 0 Å². The van der Waals surface area contributed by atoms with Crippen LogP contribution >= 0.6 is 0 Å². The van der Waals surface area contributed by atoms with E-state index in [0.29, 0.717) is 0 Å². The number of halogens is 6. The molecule has 0 aliphatic rings. The second-order valence-electron chi connectivity index (χ2n) is 5.52. The second-order valence-corrected chi connectivity index (χ2v) is 5.52. The van der Waals surface area contributed by atoms with E-state index in [1.807, 2.05) is 0 Å². The van der Waals surface area contributed by atoms with Gasteiger partial charge in [-0.1, -0.05) is 18.2 Å². The van der Waals surface area contributed by atoms with Crippen molar-refractivity contribution in [2.75, 3.05) is 0 Å². The van der Waals surface area contributed by atoms with Gasteiger partial charge in [0.25, 0.3) is 0 Å². The molecule has 0 bridgehead atoms. The molecule has 3 nitrogen and oxygen atoms in total. The van der Waals surface area contributed by atoms with Gasteiger partial charge in [0.1, 0.15) is 6.04 Å². The van der Waals surface area contributed by atoms with Gasteiger partial charge >= 0.3 is 12.4 Å². The molecule has 0 aliphatic heterocycles. The number of nitrogens with two attached hydrogens (primary N) is 1. The van der Waals surface area contributed by atoms with Gasteiger partial charge in [-0.2, -0.15) is 26.3 Å². The highest BCUT2D eigenvalue weighted by Crippen LogP contribution is 2.45. The molecule has 0 fully saturated rings. The lowest BCUT2D eigenvalue weighted by Gasteiger charge is -2.24. The van der Waals surface area contributed by atoms with Crippen LogP contribution in [0.1, 0.15) is 17.2 Å². The van der Waals surface area contributed by atoms with Crippen molar-refractivity contribution in [1.82, 2.24) is 9.97 Å². The van der Waals surface area contributed by atoms with E-state index in [0.717, 1.165) is 12.3 Å². The van der Waals surface area contributed by atoms with Gasteiger partial charge in [0.05, 0.1) is 16.8 Å². The molecule has 1 atom stereocenters. The lowest BCUT2D eigenvalue weighted by Crippen LogP contribution is -2.32. The Morgan fingerprint density at radius 2 is 1.62 bits per heavy atom. The number of nitrogens with zero attached hydrogens (tertiary/aromatic N) is 2. The van der Waals surface area contributed by atoms with Crippen molar-refractivity contribution in [2.45, 2.75) is 18.4 Å². The molecule has 2 aromatic heterocycles. The molecule has 0 unspecified atom stereocenters. The van der Waals surface area contributed by atoms with Crippen molar-refractivity contribution < 1.29 is 26.3 Å². The predicted molar refractivity (Wildman–Crippen MR) is 83.0 cm³/mol. The average molecular weight is 371 g/mol. The molecule has 3 rings (SSSR count). The summed E-state index contributed by atoms with van der Waals surface area (Å²) in [7, 11) is 0. The highest BCUT2D eigenvalue weighted by atomic mass is 19.4. The molecule has 0 aliphatic carbocycles. The van der Waals surface area contributed by atoms with Gasteiger partial charge in [0.15, 0.2) is 0 Å². The first-order valence-electron chi connectivity index (χ1n) is 7.33. The Labute approximate surface area is 143 Å². The maximum atomic E-state index is 13.8. The van der Waals surface area contributed by atoms with E-state index < -0.39 is 40.6 Å². The van der Waals surface area contributed by atoms with Crippen LogP contribution < -0.4 is 5.73 Å². The van der Waals surface area contributed by atoms with Gasteiger partial charge in [0.2, 0.25) is 0 Å². The molecule has 0 saturated heterocycles. The van der Waals surface area contributed by atoms with Crippen molar-refractivity contribution in [3.05, 3.63) is 59.9 Å². The van der Waals surface area contributed by atoms with Gasteiger partial charge in [-0.05, 0) is 18.2 Å². The van der Waals surface area contributed by atoms with E-state index >= 15 is 0 Å². The Morgan fingerprint density at radius 1 is 0.923 bits per heavy atom. The summed E-state index contributed by atoms with van der Waals surface area (Å²) in [6, 6.07) is 4.99. The number of benzene rings is 1. The van der Waals surface area contributed by atoms with Crippen molar-refractivity contribution in [3.8, 4) is 11.3 Å². The van der Waals surface area contributed by atoms with Crippen LogP contribution in [0.4, 0.5) is 26.3 Å². The molecule has 0 amide bonds. The first-order chi connectivity index (χ1) is 12.1. The first kappa shape index (κ1) is 18.1. The fourth-order valence-electron chi connectivity index (χ4n) is 2.72. The van der Waals surface area contributed by atoms with Crippen LogP contribution in [-0.2, 0) is 6.18 Å².